The van der Waals surface area contributed by atoms with Gasteiger partial charge in [-0.3, -0.25) is 4.79 Å². The summed E-state index contributed by atoms with van der Waals surface area (Å²) in [5.74, 6) is 0.572. The molecule has 2 unspecified atom stereocenters. The summed E-state index contributed by atoms with van der Waals surface area (Å²) in [6, 6.07) is -0.181. The van der Waals surface area contributed by atoms with E-state index in [1.807, 2.05) is 14.0 Å². The Hall–Kier alpha value is -0.610. The molecule has 0 aromatic rings. The first-order valence-corrected chi connectivity index (χ1v) is 5.47. The number of amides is 1. The van der Waals surface area contributed by atoms with E-state index < -0.39 is 5.41 Å². The third-order valence-corrected chi connectivity index (χ3v) is 2.99. The number of hydrogen-bond acceptors (Lipinski definition) is 3. The Labute approximate surface area is 91.8 Å². The molecule has 88 valence electrons. The Kier molecular flexibility index (Phi) is 3.73. The van der Waals surface area contributed by atoms with Crippen molar-refractivity contribution in [3.63, 3.8) is 0 Å². The number of ether oxygens (including phenoxy) is 1. The highest BCUT2D eigenvalue weighted by atomic mass is 16.5. The van der Waals surface area contributed by atoms with Crippen molar-refractivity contribution in [1.82, 2.24) is 4.90 Å². The van der Waals surface area contributed by atoms with Crippen LogP contribution in [0, 0.1) is 11.3 Å². The van der Waals surface area contributed by atoms with Crippen LogP contribution in [0.4, 0.5) is 0 Å². The summed E-state index contributed by atoms with van der Waals surface area (Å²) in [6.45, 7) is 7.77. The molecule has 0 aliphatic carbocycles. The van der Waals surface area contributed by atoms with Crippen LogP contribution in [0.1, 0.15) is 20.8 Å². The zero-order valence-corrected chi connectivity index (χ0v) is 10.1. The lowest BCUT2D eigenvalue weighted by Gasteiger charge is -2.31. The maximum absolute atomic E-state index is 12.2. The maximum atomic E-state index is 12.2. The number of nitrogens with zero attached hydrogens (tertiary/aromatic N) is 1. The average molecular weight is 214 g/mol. The molecule has 1 heterocycles. The average Bonchev–Trinajstić information content (AvgIpc) is 2.46. The van der Waals surface area contributed by atoms with Gasteiger partial charge in [0.05, 0.1) is 18.6 Å². The smallest absolute Gasteiger partial charge is 0.232 e. The van der Waals surface area contributed by atoms with Gasteiger partial charge < -0.3 is 15.4 Å². The second-order valence-electron chi connectivity index (χ2n) is 5.12. The molecule has 0 bridgehead atoms. The van der Waals surface area contributed by atoms with E-state index in [9.17, 15) is 4.79 Å². The van der Waals surface area contributed by atoms with Gasteiger partial charge in [0.25, 0.3) is 0 Å². The predicted octanol–water partition coefficient (Wildman–Crippen LogP) is 0.465. The van der Waals surface area contributed by atoms with Gasteiger partial charge in [0.15, 0.2) is 0 Å². The lowest BCUT2D eigenvalue weighted by Crippen LogP contribution is -2.51. The fraction of sp³-hybridized carbons (Fsp3) is 0.909. The van der Waals surface area contributed by atoms with Gasteiger partial charge in [0, 0.05) is 19.6 Å². The van der Waals surface area contributed by atoms with Gasteiger partial charge in [-0.05, 0) is 12.8 Å². The summed E-state index contributed by atoms with van der Waals surface area (Å²) < 4.78 is 5.28. The van der Waals surface area contributed by atoms with Gasteiger partial charge in [0.1, 0.15) is 0 Å². The van der Waals surface area contributed by atoms with Crippen molar-refractivity contribution >= 4 is 5.91 Å². The van der Waals surface area contributed by atoms with Gasteiger partial charge in [0.2, 0.25) is 5.91 Å². The standard InChI is InChI=1S/C11H22N2O2/c1-8(2)5-13(4)10(14)11(3)7-15-6-9(11)12/h8-9H,5-7,12H2,1-4H3. The molecule has 1 saturated heterocycles. The monoisotopic (exact) mass is 214 g/mol. The van der Waals surface area contributed by atoms with E-state index >= 15 is 0 Å². The molecule has 0 saturated carbocycles. The van der Waals surface area contributed by atoms with Crippen LogP contribution in [0.15, 0.2) is 0 Å². The second-order valence-corrected chi connectivity index (χ2v) is 5.12. The molecule has 1 amide bonds. The third-order valence-electron chi connectivity index (χ3n) is 2.99. The molecule has 1 aliphatic heterocycles. The van der Waals surface area contributed by atoms with E-state index in [1.165, 1.54) is 0 Å². The number of rotatable bonds is 3. The SMILES string of the molecule is CC(C)CN(C)C(=O)C1(C)COCC1N. The molecule has 0 spiro atoms. The van der Waals surface area contributed by atoms with Crippen molar-refractivity contribution < 1.29 is 9.53 Å². The van der Waals surface area contributed by atoms with Gasteiger partial charge in [-0.1, -0.05) is 13.8 Å². The number of carbonyl (C=O) groups excluding carboxylic acids is 1. The van der Waals surface area contributed by atoms with E-state index in [2.05, 4.69) is 13.8 Å². The van der Waals surface area contributed by atoms with Crippen molar-refractivity contribution in [3.05, 3.63) is 0 Å². The highest BCUT2D eigenvalue weighted by Gasteiger charge is 2.45. The Morgan fingerprint density at radius 3 is 2.67 bits per heavy atom. The molecule has 1 aliphatic rings. The minimum atomic E-state index is -0.538. The number of carbonyl (C=O) groups is 1. The van der Waals surface area contributed by atoms with Crippen LogP contribution >= 0.6 is 0 Å². The number of hydrogen-bond donors (Lipinski definition) is 1. The largest absolute Gasteiger partial charge is 0.379 e. The first kappa shape index (κ1) is 12.5. The van der Waals surface area contributed by atoms with Crippen molar-refractivity contribution in [2.75, 3.05) is 26.8 Å². The van der Waals surface area contributed by atoms with Crippen molar-refractivity contribution in [1.29, 1.82) is 0 Å². The fourth-order valence-corrected chi connectivity index (χ4v) is 1.98. The molecule has 1 rings (SSSR count). The predicted molar refractivity (Wildman–Crippen MR) is 59.4 cm³/mol. The molecule has 1 fully saturated rings. The van der Waals surface area contributed by atoms with Crippen LogP contribution in [0.3, 0.4) is 0 Å². The van der Waals surface area contributed by atoms with E-state index in [1.54, 1.807) is 4.90 Å². The van der Waals surface area contributed by atoms with E-state index in [-0.39, 0.29) is 11.9 Å². The Morgan fingerprint density at radius 2 is 2.27 bits per heavy atom. The molecular weight excluding hydrogens is 192 g/mol. The minimum Gasteiger partial charge on any atom is -0.379 e. The lowest BCUT2D eigenvalue weighted by atomic mass is 9.84. The molecular formula is C11H22N2O2. The first-order valence-electron chi connectivity index (χ1n) is 5.47. The van der Waals surface area contributed by atoms with E-state index in [4.69, 9.17) is 10.5 Å². The van der Waals surface area contributed by atoms with Crippen LogP contribution in [-0.4, -0.2) is 43.7 Å². The van der Waals surface area contributed by atoms with Crippen molar-refractivity contribution in [2.24, 2.45) is 17.1 Å². The normalized spacial score (nSPS) is 30.9. The number of nitrogens with two attached hydrogens (primary N) is 1. The molecule has 15 heavy (non-hydrogen) atoms. The van der Waals surface area contributed by atoms with Gasteiger partial charge in [-0.25, -0.2) is 0 Å². The van der Waals surface area contributed by atoms with Crippen LogP contribution in [0.5, 0.6) is 0 Å². The summed E-state index contributed by atoms with van der Waals surface area (Å²) in [4.78, 5) is 13.9. The fourth-order valence-electron chi connectivity index (χ4n) is 1.98. The van der Waals surface area contributed by atoms with Gasteiger partial charge in [-0.2, -0.15) is 0 Å². The first-order chi connectivity index (χ1) is 6.88. The molecule has 2 atom stereocenters. The molecule has 4 heteroatoms. The van der Waals surface area contributed by atoms with E-state index in [0.717, 1.165) is 6.54 Å². The Morgan fingerprint density at radius 1 is 1.67 bits per heavy atom. The van der Waals surface area contributed by atoms with Crippen LogP contribution in [0.2, 0.25) is 0 Å². The lowest BCUT2D eigenvalue weighted by molar-refractivity contribution is -0.140. The highest BCUT2D eigenvalue weighted by molar-refractivity contribution is 5.83. The van der Waals surface area contributed by atoms with Crippen molar-refractivity contribution in [3.8, 4) is 0 Å². The van der Waals surface area contributed by atoms with Crippen LogP contribution in [-0.2, 0) is 9.53 Å². The van der Waals surface area contributed by atoms with Crippen LogP contribution < -0.4 is 5.73 Å². The zero-order valence-electron chi connectivity index (χ0n) is 10.1. The quantitative estimate of drug-likeness (QED) is 0.743. The Balaban J connectivity index is 2.66. The summed E-state index contributed by atoms with van der Waals surface area (Å²) in [5.41, 5.74) is 5.37. The molecule has 2 N–H and O–H groups in total. The summed E-state index contributed by atoms with van der Waals surface area (Å²) in [5, 5.41) is 0. The summed E-state index contributed by atoms with van der Waals surface area (Å²) >= 11 is 0. The van der Waals surface area contributed by atoms with Crippen LogP contribution in [0.25, 0.3) is 0 Å². The molecule has 0 aromatic carbocycles. The van der Waals surface area contributed by atoms with Gasteiger partial charge in [-0.15, -0.1) is 0 Å². The third kappa shape index (κ3) is 2.49. The van der Waals surface area contributed by atoms with E-state index in [0.29, 0.717) is 19.1 Å². The Bertz CT molecular complexity index is 243. The topological polar surface area (TPSA) is 55.6 Å². The zero-order chi connectivity index (χ0) is 11.6. The molecule has 4 nitrogen and oxygen atoms in total. The van der Waals surface area contributed by atoms with Gasteiger partial charge >= 0.3 is 0 Å². The minimum absolute atomic E-state index is 0.0983. The molecule has 0 aromatic heterocycles. The second kappa shape index (κ2) is 4.49. The summed E-state index contributed by atoms with van der Waals surface area (Å²) in [6.07, 6.45) is 0. The highest BCUT2D eigenvalue weighted by Crippen LogP contribution is 2.29. The maximum Gasteiger partial charge on any atom is 0.232 e. The molecule has 0 radical (unpaired) electrons. The summed E-state index contributed by atoms with van der Waals surface area (Å²) in [7, 11) is 1.83. The van der Waals surface area contributed by atoms with Crippen molar-refractivity contribution in [2.45, 2.75) is 26.8 Å².